The van der Waals surface area contributed by atoms with Crippen LogP contribution in [0.5, 0.6) is 0 Å². The first-order valence-corrected chi connectivity index (χ1v) is 5.66. The van der Waals surface area contributed by atoms with Crippen LogP contribution in [0.4, 0.5) is 4.39 Å². The van der Waals surface area contributed by atoms with Gasteiger partial charge in [-0.3, -0.25) is 0 Å². The van der Waals surface area contributed by atoms with E-state index in [2.05, 4.69) is 12.2 Å². The standard InChI is InChI=1S/C13H18FNO/c1-10(16-2)7-13(8-15-9-13)11-4-3-5-12(14)6-11/h3-6,10,15H,7-9H2,1-2H3. The molecule has 1 aliphatic rings. The van der Waals surface area contributed by atoms with E-state index in [1.165, 1.54) is 6.07 Å². The molecule has 1 aliphatic heterocycles. The van der Waals surface area contributed by atoms with Crippen molar-refractivity contribution in [1.82, 2.24) is 5.32 Å². The van der Waals surface area contributed by atoms with E-state index in [4.69, 9.17) is 4.74 Å². The zero-order chi connectivity index (χ0) is 11.6. The van der Waals surface area contributed by atoms with E-state index < -0.39 is 0 Å². The van der Waals surface area contributed by atoms with Gasteiger partial charge in [-0.05, 0) is 31.0 Å². The summed E-state index contributed by atoms with van der Waals surface area (Å²) in [6, 6.07) is 6.92. The number of halogens is 1. The molecule has 3 heteroatoms. The van der Waals surface area contributed by atoms with Gasteiger partial charge in [0, 0.05) is 25.6 Å². The highest BCUT2D eigenvalue weighted by molar-refractivity contribution is 5.30. The van der Waals surface area contributed by atoms with Crippen molar-refractivity contribution in [3.63, 3.8) is 0 Å². The average Bonchev–Trinajstić information content (AvgIpc) is 2.23. The normalized spacial score (nSPS) is 20.2. The topological polar surface area (TPSA) is 21.3 Å². The maximum absolute atomic E-state index is 13.2. The van der Waals surface area contributed by atoms with Gasteiger partial charge in [0.1, 0.15) is 5.82 Å². The monoisotopic (exact) mass is 223 g/mol. The molecular formula is C13H18FNO. The minimum Gasteiger partial charge on any atom is -0.382 e. The largest absolute Gasteiger partial charge is 0.382 e. The lowest BCUT2D eigenvalue weighted by Crippen LogP contribution is -2.58. The highest BCUT2D eigenvalue weighted by Crippen LogP contribution is 2.34. The molecular weight excluding hydrogens is 205 g/mol. The molecule has 16 heavy (non-hydrogen) atoms. The van der Waals surface area contributed by atoms with Gasteiger partial charge >= 0.3 is 0 Å². The minimum absolute atomic E-state index is 0.0531. The number of hydrogen-bond donors (Lipinski definition) is 1. The SMILES string of the molecule is COC(C)CC1(c2cccc(F)c2)CNC1. The fourth-order valence-corrected chi connectivity index (χ4v) is 2.35. The Morgan fingerprint density at radius 1 is 1.50 bits per heavy atom. The Balaban J connectivity index is 2.21. The third-order valence-corrected chi connectivity index (χ3v) is 3.44. The Morgan fingerprint density at radius 2 is 2.25 bits per heavy atom. The van der Waals surface area contributed by atoms with Crippen LogP contribution in [0.15, 0.2) is 24.3 Å². The number of nitrogens with one attached hydrogen (secondary N) is 1. The Morgan fingerprint density at radius 3 is 2.75 bits per heavy atom. The van der Waals surface area contributed by atoms with Gasteiger partial charge in [0.2, 0.25) is 0 Å². The molecule has 2 nitrogen and oxygen atoms in total. The van der Waals surface area contributed by atoms with Gasteiger partial charge < -0.3 is 10.1 Å². The minimum atomic E-state index is -0.158. The molecule has 0 amide bonds. The van der Waals surface area contributed by atoms with Crippen molar-refractivity contribution >= 4 is 0 Å². The van der Waals surface area contributed by atoms with Crippen LogP contribution in [0.3, 0.4) is 0 Å². The van der Waals surface area contributed by atoms with Crippen LogP contribution in [0.2, 0.25) is 0 Å². The van der Waals surface area contributed by atoms with Gasteiger partial charge in [0.25, 0.3) is 0 Å². The number of hydrogen-bond acceptors (Lipinski definition) is 2. The summed E-state index contributed by atoms with van der Waals surface area (Å²) < 4.78 is 18.5. The first-order valence-electron chi connectivity index (χ1n) is 5.66. The lowest BCUT2D eigenvalue weighted by Gasteiger charge is -2.44. The molecule has 1 N–H and O–H groups in total. The Hall–Kier alpha value is -0.930. The average molecular weight is 223 g/mol. The van der Waals surface area contributed by atoms with Crippen molar-refractivity contribution in [2.24, 2.45) is 0 Å². The van der Waals surface area contributed by atoms with Gasteiger partial charge in [-0.1, -0.05) is 12.1 Å². The zero-order valence-corrected chi connectivity index (χ0v) is 9.79. The lowest BCUT2D eigenvalue weighted by atomic mass is 9.71. The molecule has 88 valence electrons. The van der Waals surface area contributed by atoms with Crippen LogP contribution < -0.4 is 5.32 Å². The van der Waals surface area contributed by atoms with Crippen molar-refractivity contribution in [2.75, 3.05) is 20.2 Å². The second-order valence-corrected chi connectivity index (χ2v) is 4.64. The Bertz CT molecular complexity index is 363. The number of ether oxygens (including phenoxy) is 1. The molecule has 1 aromatic rings. The van der Waals surface area contributed by atoms with Gasteiger partial charge in [0.05, 0.1) is 6.10 Å². The van der Waals surface area contributed by atoms with Crippen LogP contribution >= 0.6 is 0 Å². The second kappa shape index (κ2) is 4.52. The number of methoxy groups -OCH3 is 1. The zero-order valence-electron chi connectivity index (χ0n) is 9.79. The summed E-state index contributed by atoms with van der Waals surface area (Å²) in [6.07, 6.45) is 1.13. The maximum Gasteiger partial charge on any atom is 0.123 e. The molecule has 0 spiro atoms. The maximum atomic E-state index is 13.2. The Kier molecular flexibility index (Phi) is 3.26. The van der Waals surface area contributed by atoms with E-state index >= 15 is 0 Å². The van der Waals surface area contributed by atoms with Gasteiger partial charge in [-0.15, -0.1) is 0 Å². The summed E-state index contributed by atoms with van der Waals surface area (Å²) >= 11 is 0. The van der Waals surface area contributed by atoms with E-state index in [-0.39, 0.29) is 17.3 Å². The molecule has 1 saturated heterocycles. The van der Waals surface area contributed by atoms with Crippen LogP contribution in [-0.2, 0) is 10.2 Å². The van der Waals surface area contributed by atoms with Crippen LogP contribution in [0, 0.1) is 5.82 Å². The quantitative estimate of drug-likeness (QED) is 0.844. The van der Waals surface area contributed by atoms with Gasteiger partial charge in [-0.25, -0.2) is 4.39 Å². The molecule has 0 aromatic heterocycles. The molecule has 1 unspecified atom stereocenters. The van der Waals surface area contributed by atoms with Crippen LogP contribution in [0.1, 0.15) is 18.9 Å². The predicted octanol–water partition coefficient (Wildman–Crippen LogP) is 2.09. The summed E-state index contributed by atoms with van der Waals surface area (Å²) in [5, 5.41) is 3.27. The molecule has 0 aliphatic carbocycles. The summed E-state index contributed by atoms with van der Waals surface area (Å²) in [5.74, 6) is -0.158. The first-order chi connectivity index (χ1) is 7.66. The molecule has 1 atom stereocenters. The van der Waals surface area contributed by atoms with E-state index in [0.29, 0.717) is 0 Å². The number of rotatable bonds is 4. The molecule has 1 fully saturated rings. The summed E-state index contributed by atoms with van der Waals surface area (Å²) in [7, 11) is 1.72. The van der Waals surface area contributed by atoms with Crippen molar-refractivity contribution in [2.45, 2.75) is 24.9 Å². The van der Waals surface area contributed by atoms with Crippen molar-refractivity contribution in [3.8, 4) is 0 Å². The van der Waals surface area contributed by atoms with E-state index in [1.807, 2.05) is 6.07 Å². The van der Waals surface area contributed by atoms with Crippen molar-refractivity contribution in [3.05, 3.63) is 35.6 Å². The Labute approximate surface area is 95.8 Å². The predicted molar refractivity (Wildman–Crippen MR) is 62.0 cm³/mol. The number of benzene rings is 1. The molecule has 2 rings (SSSR count). The van der Waals surface area contributed by atoms with Crippen LogP contribution in [-0.4, -0.2) is 26.3 Å². The van der Waals surface area contributed by atoms with Crippen LogP contribution in [0.25, 0.3) is 0 Å². The van der Waals surface area contributed by atoms with Gasteiger partial charge in [-0.2, -0.15) is 0 Å². The molecule has 1 heterocycles. The molecule has 0 radical (unpaired) electrons. The molecule has 0 bridgehead atoms. The fraction of sp³-hybridized carbons (Fsp3) is 0.538. The van der Waals surface area contributed by atoms with Crippen molar-refractivity contribution in [1.29, 1.82) is 0 Å². The highest BCUT2D eigenvalue weighted by Gasteiger charge is 2.39. The second-order valence-electron chi connectivity index (χ2n) is 4.64. The third kappa shape index (κ3) is 2.11. The smallest absolute Gasteiger partial charge is 0.123 e. The summed E-state index contributed by atoms with van der Waals surface area (Å²) in [4.78, 5) is 0. The summed E-state index contributed by atoms with van der Waals surface area (Å²) in [6.45, 7) is 3.87. The molecule has 0 saturated carbocycles. The molecule has 1 aromatic carbocycles. The van der Waals surface area contributed by atoms with E-state index in [9.17, 15) is 4.39 Å². The van der Waals surface area contributed by atoms with Crippen molar-refractivity contribution < 1.29 is 9.13 Å². The summed E-state index contributed by atoms with van der Waals surface area (Å²) in [5.41, 5.74) is 1.13. The van der Waals surface area contributed by atoms with E-state index in [1.54, 1.807) is 19.2 Å². The van der Waals surface area contributed by atoms with E-state index in [0.717, 1.165) is 25.1 Å². The lowest BCUT2D eigenvalue weighted by molar-refractivity contribution is 0.0716. The third-order valence-electron chi connectivity index (χ3n) is 3.44. The first kappa shape index (κ1) is 11.6. The fourth-order valence-electron chi connectivity index (χ4n) is 2.35. The van der Waals surface area contributed by atoms with Gasteiger partial charge in [0.15, 0.2) is 0 Å². The highest BCUT2D eigenvalue weighted by atomic mass is 19.1.